The van der Waals surface area contributed by atoms with E-state index in [0.717, 1.165) is 6.42 Å². The molecular weight excluding hydrogens is 212 g/mol. The first kappa shape index (κ1) is 10.1. The molecule has 2 fully saturated rings. The molecule has 0 unspecified atom stereocenters. The molecule has 1 heterocycles. The van der Waals surface area contributed by atoms with Gasteiger partial charge in [0, 0.05) is 12.3 Å². The fraction of sp³-hybridized carbons (Fsp3) is 0.818. The van der Waals surface area contributed by atoms with E-state index in [1.54, 1.807) is 11.8 Å². The van der Waals surface area contributed by atoms with Gasteiger partial charge in [0.2, 0.25) is 0 Å². The van der Waals surface area contributed by atoms with Crippen molar-refractivity contribution in [3.63, 3.8) is 0 Å². The Hall–Kier alpha value is -0.0300. The molecule has 1 aliphatic heterocycles. The van der Waals surface area contributed by atoms with Crippen molar-refractivity contribution in [1.29, 1.82) is 0 Å². The second-order valence-electron chi connectivity index (χ2n) is 4.50. The molecule has 2 aliphatic carbocycles. The molecule has 4 heteroatoms. The molecule has 2 bridgehead atoms. The predicted molar refractivity (Wildman–Crippen MR) is 58.7 cm³/mol. The van der Waals surface area contributed by atoms with Crippen LogP contribution in [0.3, 0.4) is 0 Å². The van der Waals surface area contributed by atoms with Gasteiger partial charge in [-0.2, -0.15) is 11.8 Å². The van der Waals surface area contributed by atoms with Gasteiger partial charge in [0.25, 0.3) is 0 Å². The highest BCUT2D eigenvalue weighted by Crippen LogP contribution is 2.61. The van der Waals surface area contributed by atoms with Gasteiger partial charge in [0.05, 0.1) is 24.6 Å². The predicted octanol–water partition coefficient (Wildman–Crippen LogP) is 1.03. The lowest BCUT2D eigenvalue weighted by molar-refractivity contribution is -0.176. The van der Waals surface area contributed by atoms with Gasteiger partial charge in [-0.05, 0) is 12.2 Å². The molecule has 3 atom stereocenters. The minimum atomic E-state index is -0.425. The van der Waals surface area contributed by atoms with Gasteiger partial charge in [-0.25, -0.2) is 0 Å². The minimum Gasteiger partial charge on any atom is -0.395 e. The Morgan fingerprint density at radius 2 is 2.13 bits per heavy atom. The summed E-state index contributed by atoms with van der Waals surface area (Å²) >= 11 is 1.75. The monoisotopic (exact) mass is 228 g/mol. The smallest absolute Gasteiger partial charge is 0.176 e. The second kappa shape index (κ2) is 3.23. The number of ether oxygens (including phenoxy) is 2. The van der Waals surface area contributed by atoms with Crippen LogP contribution >= 0.6 is 11.8 Å². The van der Waals surface area contributed by atoms with Crippen LogP contribution in [0.25, 0.3) is 0 Å². The van der Waals surface area contributed by atoms with Gasteiger partial charge < -0.3 is 14.6 Å². The molecule has 0 amide bonds. The second-order valence-corrected chi connectivity index (χ2v) is 5.67. The van der Waals surface area contributed by atoms with E-state index in [1.165, 1.54) is 0 Å². The van der Waals surface area contributed by atoms with E-state index in [2.05, 4.69) is 18.4 Å². The number of aliphatic hydroxyl groups is 1. The van der Waals surface area contributed by atoms with Crippen LogP contribution < -0.4 is 0 Å². The molecule has 84 valence electrons. The molecule has 0 aromatic heterocycles. The van der Waals surface area contributed by atoms with E-state index in [0.29, 0.717) is 19.1 Å². The molecule has 3 aliphatic rings. The summed E-state index contributed by atoms with van der Waals surface area (Å²) < 4.78 is 11.5. The lowest BCUT2D eigenvalue weighted by atomic mass is 9.94. The molecule has 0 aromatic rings. The Kier molecular flexibility index (Phi) is 2.19. The molecule has 1 saturated carbocycles. The fourth-order valence-electron chi connectivity index (χ4n) is 3.32. The summed E-state index contributed by atoms with van der Waals surface area (Å²) in [5.74, 6) is 0.170. The third-order valence-corrected chi connectivity index (χ3v) is 5.52. The van der Waals surface area contributed by atoms with Crippen LogP contribution in [-0.4, -0.2) is 41.7 Å². The molecule has 15 heavy (non-hydrogen) atoms. The van der Waals surface area contributed by atoms with E-state index in [1.807, 2.05) is 0 Å². The van der Waals surface area contributed by atoms with Crippen molar-refractivity contribution >= 4 is 11.8 Å². The summed E-state index contributed by atoms with van der Waals surface area (Å²) in [5.41, 5.74) is 0. The SMILES string of the molecule is CS[C@@]1(CO)[C@H]2C=C[C@H]1C1(C2)OCCO1. The van der Waals surface area contributed by atoms with Crippen molar-refractivity contribution in [3.05, 3.63) is 12.2 Å². The Labute approximate surface area is 93.8 Å². The summed E-state index contributed by atoms with van der Waals surface area (Å²) in [7, 11) is 0. The first-order valence-corrected chi connectivity index (χ1v) is 6.62. The van der Waals surface area contributed by atoms with E-state index in [9.17, 15) is 5.11 Å². The van der Waals surface area contributed by atoms with E-state index in [-0.39, 0.29) is 17.3 Å². The molecule has 0 radical (unpaired) electrons. The van der Waals surface area contributed by atoms with Crippen LogP contribution in [0.2, 0.25) is 0 Å². The highest BCUT2D eigenvalue weighted by molar-refractivity contribution is 8.00. The summed E-state index contributed by atoms with van der Waals surface area (Å²) in [6, 6.07) is 0. The summed E-state index contributed by atoms with van der Waals surface area (Å²) in [4.78, 5) is 0. The zero-order chi connectivity index (χ0) is 10.5. The number of thioether (sulfide) groups is 1. The van der Waals surface area contributed by atoms with Gasteiger partial charge >= 0.3 is 0 Å². The van der Waals surface area contributed by atoms with Gasteiger partial charge in [0.1, 0.15) is 0 Å². The van der Waals surface area contributed by atoms with Crippen LogP contribution in [0.4, 0.5) is 0 Å². The maximum atomic E-state index is 9.67. The van der Waals surface area contributed by atoms with Crippen molar-refractivity contribution in [2.45, 2.75) is 17.0 Å². The van der Waals surface area contributed by atoms with Crippen LogP contribution in [0.1, 0.15) is 6.42 Å². The average molecular weight is 228 g/mol. The topological polar surface area (TPSA) is 38.7 Å². The first-order chi connectivity index (χ1) is 7.27. The molecule has 1 N–H and O–H groups in total. The third kappa shape index (κ3) is 1.08. The van der Waals surface area contributed by atoms with Crippen molar-refractivity contribution in [2.24, 2.45) is 11.8 Å². The average Bonchev–Trinajstić information content (AvgIpc) is 2.91. The molecule has 3 nitrogen and oxygen atoms in total. The summed E-state index contributed by atoms with van der Waals surface area (Å²) in [6.07, 6.45) is 7.35. The van der Waals surface area contributed by atoms with Crippen molar-refractivity contribution < 1.29 is 14.6 Å². The van der Waals surface area contributed by atoms with E-state index >= 15 is 0 Å². The van der Waals surface area contributed by atoms with E-state index < -0.39 is 5.79 Å². The Morgan fingerprint density at radius 1 is 1.40 bits per heavy atom. The summed E-state index contributed by atoms with van der Waals surface area (Å²) in [6.45, 7) is 1.57. The Morgan fingerprint density at radius 3 is 2.67 bits per heavy atom. The summed E-state index contributed by atoms with van der Waals surface area (Å²) in [5, 5.41) is 9.67. The zero-order valence-electron chi connectivity index (χ0n) is 8.81. The van der Waals surface area contributed by atoms with Gasteiger partial charge in [0.15, 0.2) is 5.79 Å². The number of allylic oxidation sites excluding steroid dienone is 1. The number of aliphatic hydroxyl groups excluding tert-OH is 1. The maximum absolute atomic E-state index is 9.67. The lowest BCUT2D eigenvalue weighted by Gasteiger charge is -2.34. The van der Waals surface area contributed by atoms with Crippen LogP contribution in [0.5, 0.6) is 0 Å². The normalized spacial score (nSPS) is 45.7. The third-order valence-electron chi connectivity index (χ3n) is 4.07. The minimum absolute atomic E-state index is 0.107. The molecular formula is C11H16O3S. The van der Waals surface area contributed by atoms with Crippen LogP contribution in [-0.2, 0) is 9.47 Å². The van der Waals surface area contributed by atoms with Crippen LogP contribution in [0.15, 0.2) is 12.2 Å². The van der Waals surface area contributed by atoms with Crippen LogP contribution in [0, 0.1) is 11.8 Å². The van der Waals surface area contributed by atoms with Crippen molar-refractivity contribution in [2.75, 3.05) is 26.1 Å². The lowest BCUT2D eigenvalue weighted by Crippen LogP contribution is -2.43. The van der Waals surface area contributed by atoms with Gasteiger partial charge in [-0.15, -0.1) is 0 Å². The quantitative estimate of drug-likeness (QED) is 0.716. The number of hydrogen-bond donors (Lipinski definition) is 1. The zero-order valence-corrected chi connectivity index (χ0v) is 9.63. The molecule has 1 spiro atoms. The maximum Gasteiger partial charge on any atom is 0.176 e. The first-order valence-electron chi connectivity index (χ1n) is 5.40. The number of fused-ring (bicyclic) bond motifs is 3. The van der Waals surface area contributed by atoms with Crippen molar-refractivity contribution in [1.82, 2.24) is 0 Å². The largest absolute Gasteiger partial charge is 0.395 e. The fourth-order valence-corrected chi connectivity index (χ4v) is 4.43. The molecule has 0 aromatic carbocycles. The number of rotatable bonds is 2. The highest BCUT2D eigenvalue weighted by atomic mass is 32.2. The number of hydrogen-bond acceptors (Lipinski definition) is 4. The Bertz CT molecular complexity index is 292. The Balaban J connectivity index is 1.98. The standard InChI is InChI=1S/C11H16O3S/c1-15-10(7-12)8-2-3-9(10)11(6-8)13-4-5-14-11/h2-3,8-9,12H,4-7H2,1H3/t8-,9+,10-/m0/s1. The van der Waals surface area contributed by atoms with Crippen molar-refractivity contribution in [3.8, 4) is 0 Å². The van der Waals surface area contributed by atoms with E-state index in [4.69, 9.17) is 9.47 Å². The van der Waals surface area contributed by atoms with Gasteiger partial charge in [-0.3, -0.25) is 0 Å². The molecule has 3 rings (SSSR count). The highest BCUT2D eigenvalue weighted by Gasteiger charge is 2.65. The van der Waals surface area contributed by atoms with Gasteiger partial charge in [-0.1, -0.05) is 12.2 Å². The molecule has 1 saturated heterocycles.